The Bertz CT molecular complexity index is 1010. The third kappa shape index (κ3) is 4.70. The van der Waals surface area contributed by atoms with E-state index in [0.29, 0.717) is 23.0 Å². The van der Waals surface area contributed by atoms with Crippen molar-refractivity contribution in [1.29, 1.82) is 0 Å². The molecule has 0 aliphatic rings. The van der Waals surface area contributed by atoms with Crippen LogP contribution in [-0.2, 0) is 11.3 Å². The Kier molecular flexibility index (Phi) is 6.31. The van der Waals surface area contributed by atoms with Gasteiger partial charge < -0.3 is 4.74 Å². The van der Waals surface area contributed by atoms with Gasteiger partial charge in [0.05, 0.1) is 23.9 Å². The summed E-state index contributed by atoms with van der Waals surface area (Å²) >= 11 is 1.43. The molecule has 0 radical (unpaired) electrons. The SMILES string of the molecule is CSc1nc(-c2ccccc2)cc(=O)n1Cc1ccc(C(=O)OC(C)C)cc1. The minimum atomic E-state index is -0.350. The van der Waals surface area contributed by atoms with Gasteiger partial charge in [-0.2, -0.15) is 0 Å². The van der Waals surface area contributed by atoms with Crippen molar-refractivity contribution in [3.05, 3.63) is 82.1 Å². The lowest BCUT2D eigenvalue weighted by Gasteiger charge is -2.13. The molecule has 3 rings (SSSR count). The predicted molar refractivity (Wildman–Crippen MR) is 112 cm³/mol. The Hall–Kier alpha value is -2.86. The molecule has 0 saturated carbocycles. The lowest BCUT2D eigenvalue weighted by atomic mass is 10.1. The summed E-state index contributed by atoms with van der Waals surface area (Å²) in [5.74, 6) is -0.350. The maximum absolute atomic E-state index is 12.7. The fourth-order valence-electron chi connectivity index (χ4n) is 2.75. The smallest absolute Gasteiger partial charge is 0.338 e. The number of rotatable bonds is 6. The van der Waals surface area contributed by atoms with Crippen LogP contribution in [0.5, 0.6) is 0 Å². The van der Waals surface area contributed by atoms with Crippen LogP contribution in [0.2, 0.25) is 0 Å². The lowest BCUT2D eigenvalue weighted by Crippen LogP contribution is -2.23. The van der Waals surface area contributed by atoms with Gasteiger partial charge in [0.1, 0.15) is 0 Å². The predicted octanol–water partition coefficient (Wildman–Crippen LogP) is 4.25. The molecule has 0 amide bonds. The second kappa shape index (κ2) is 8.89. The molecule has 28 heavy (non-hydrogen) atoms. The summed E-state index contributed by atoms with van der Waals surface area (Å²) in [7, 11) is 0. The van der Waals surface area contributed by atoms with Crippen LogP contribution in [0.15, 0.2) is 70.6 Å². The van der Waals surface area contributed by atoms with E-state index in [2.05, 4.69) is 4.98 Å². The topological polar surface area (TPSA) is 61.2 Å². The third-order valence-electron chi connectivity index (χ3n) is 4.10. The van der Waals surface area contributed by atoms with Gasteiger partial charge in [0, 0.05) is 11.6 Å². The number of carbonyl (C=O) groups excluding carboxylic acids is 1. The highest BCUT2D eigenvalue weighted by atomic mass is 32.2. The second-order valence-corrected chi connectivity index (χ2v) is 7.34. The molecular formula is C22H22N2O3S. The van der Waals surface area contributed by atoms with E-state index in [9.17, 15) is 9.59 Å². The molecule has 0 spiro atoms. The van der Waals surface area contributed by atoms with Gasteiger partial charge in [0.15, 0.2) is 5.16 Å². The van der Waals surface area contributed by atoms with Crippen molar-refractivity contribution in [1.82, 2.24) is 9.55 Å². The number of hydrogen-bond acceptors (Lipinski definition) is 5. The zero-order valence-electron chi connectivity index (χ0n) is 16.1. The van der Waals surface area contributed by atoms with Crippen LogP contribution in [0.25, 0.3) is 11.3 Å². The molecule has 1 heterocycles. The first-order valence-corrected chi connectivity index (χ1v) is 10.2. The van der Waals surface area contributed by atoms with E-state index in [0.717, 1.165) is 11.1 Å². The summed E-state index contributed by atoms with van der Waals surface area (Å²) in [5.41, 5.74) is 2.87. The van der Waals surface area contributed by atoms with Gasteiger partial charge in [0.25, 0.3) is 5.56 Å². The van der Waals surface area contributed by atoms with Crippen LogP contribution < -0.4 is 5.56 Å². The minimum Gasteiger partial charge on any atom is -0.459 e. The van der Waals surface area contributed by atoms with E-state index in [1.54, 1.807) is 22.8 Å². The van der Waals surface area contributed by atoms with E-state index in [1.807, 2.05) is 62.6 Å². The highest BCUT2D eigenvalue weighted by Crippen LogP contribution is 2.19. The van der Waals surface area contributed by atoms with E-state index in [-0.39, 0.29) is 17.6 Å². The molecule has 0 bridgehead atoms. The molecule has 6 heteroatoms. The van der Waals surface area contributed by atoms with Crippen molar-refractivity contribution in [2.45, 2.75) is 31.7 Å². The first-order valence-electron chi connectivity index (χ1n) is 8.99. The maximum Gasteiger partial charge on any atom is 0.338 e. The Morgan fingerprint density at radius 3 is 2.39 bits per heavy atom. The van der Waals surface area contributed by atoms with Crippen molar-refractivity contribution in [2.24, 2.45) is 0 Å². The third-order valence-corrected chi connectivity index (χ3v) is 4.78. The average Bonchev–Trinajstić information content (AvgIpc) is 2.70. The summed E-state index contributed by atoms with van der Waals surface area (Å²) in [6.07, 6.45) is 1.74. The fourth-order valence-corrected chi connectivity index (χ4v) is 3.32. The number of carbonyl (C=O) groups is 1. The van der Waals surface area contributed by atoms with Gasteiger partial charge >= 0.3 is 5.97 Å². The van der Waals surface area contributed by atoms with Crippen LogP contribution in [0.4, 0.5) is 0 Å². The van der Waals surface area contributed by atoms with Gasteiger partial charge in [-0.3, -0.25) is 9.36 Å². The molecule has 3 aromatic rings. The van der Waals surface area contributed by atoms with Crippen LogP contribution in [0.3, 0.4) is 0 Å². The van der Waals surface area contributed by atoms with Crippen molar-refractivity contribution >= 4 is 17.7 Å². The summed E-state index contributed by atoms with van der Waals surface area (Å²) < 4.78 is 6.84. The Morgan fingerprint density at radius 1 is 1.11 bits per heavy atom. The normalized spacial score (nSPS) is 10.9. The monoisotopic (exact) mass is 394 g/mol. The molecule has 5 nitrogen and oxygen atoms in total. The molecular weight excluding hydrogens is 372 g/mol. The van der Waals surface area contributed by atoms with Crippen molar-refractivity contribution in [3.8, 4) is 11.3 Å². The number of aromatic nitrogens is 2. The van der Waals surface area contributed by atoms with Crippen LogP contribution in [0.1, 0.15) is 29.8 Å². The summed E-state index contributed by atoms with van der Waals surface area (Å²) in [6, 6.07) is 18.3. The molecule has 0 saturated heterocycles. The van der Waals surface area contributed by atoms with Crippen LogP contribution in [-0.4, -0.2) is 27.9 Å². The number of ether oxygens (including phenoxy) is 1. The van der Waals surface area contributed by atoms with E-state index in [1.165, 1.54) is 11.8 Å². The van der Waals surface area contributed by atoms with Gasteiger partial charge in [-0.15, -0.1) is 0 Å². The van der Waals surface area contributed by atoms with Crippen LogP contribution >= 0.6 is 11.8 Å². The average molecular weight is 394 g/mol. The summed E-state index contributed by atoms with van der Waals surface area (Å²) in [6.45, 7) is 4.01. The van der Waals surface area contributed by atoms with Gasteiger partial charge in [-0.25, -0.2) is 9.78 Å². The minimum absolute atomic E-state index is 0.110. The number of nitrogens with zero attached hydrogens (tertiary/aromatic N) is 2. The van der Waals surface area contributed by atoms with Crippen LogP contribution in [0, 0.1) is 0 Å². The Labute approximate surface area is 168 Å². The van der Waals surface area contributed by atoms with E-state index >= 15 is 0 Å². The molecule has 0 unspecified atom stereocenters. The van der Waals surface area contributed by atoms with Crippen molar-refractivity contribution in [2.75, 3.05) is 6.26 Å². The number of benzene rings is 2. The number of hydrogen-bond donors (Lipinski definition) is 0. The fraction of sp³-hybridized carbons (Fsp3) is 0.227. The quantitative estimate of drug-likeness (QED) is 0.355. The number of esters is 1. The molecule has 0 aliphatic heterocycles. The molecule has 0 atom stereocenters. The lowest BCUT2D eigenvalue weighted by molar-refractivity contribution is 0.0378. The van der Waals surface area contributed by atoms with Gasteiger partial charge in [-0.05, 0) is 37.8 Å². The van der Waals surface area contributed by atoms with E-state index < -0.39 is 0 Å². The van der Waals surface area contributed by atoms with Crippen molar-refractivity contribution in [3.63, 3.8) is 0 Å². The number of thioether (sulfide) groups is 1. The Balaban J connectivity index is 1.86. The largest absolute Gasteiger partial charge is 0.459 e. The highest BCUT2D eigenvalue weighted by molar-refractivity contribution is 7.98. The maximum atomic E-state index is 12.7. The summed E-state index contributed by atoms with van der Waals surface area (Å²) in [4.78, 5) is 29.3. The zero-order chi connectivity index (χ0) is 20.1. The highest BCUT2D eigenvalue weighted by Gasteiger charge is 2.12. The molecule has 0 N–H and O–H groups in total. The van der Waals surface area contributed by atoms with Crippen molar-refractivity contribution < 1.29 is 9.53 Å². The molecule has 2 aromatic carbocycles. The molecule has 0 fully saturated rings. The summed E-state index contributed by atoms with van der Waals surface area (Å²) in [5, 5.41) is 0.648. The van der Waals surface area contributed by atoms with E-state index in [4.69, 9.17) is 4.74 Å². The first-order chi connectivity index (χ1) is 13.5. The van der Waals surface area contributed by atoms with Gasteiger partial charge in [-0.1, -0.05) is 54.2 Å². The molecule has 144 valence electrons. The molecule has 0 aliphatic carbocycles. The van der Waals surface area contributed by atoms with Gasteiger partial charge in [0.2, 0.25) is 0 Å². The zero-order valence-corrected chi connectivity index (χ0v) is 16.9. The first kappa shape index (κ1) is 19.9. The standard InChI is InChI=1S/C22H22N2O3S/c1-15(2)27-21(26)18-11-9-16(10-12-18)14-24-20(25)13-19(23-22(24)28-3)17-7-5-4-6-8-17/h4-13,15H,14H2,1-3H3. The Morgan fingerprint density at radius 2 is 1.79 bits per heavy atom. The second-order valence-electron chi connectivity index (χ2n) is 6.57. The molecule has 1 aromatic heterocycles.